The van der Waals surface area contributed by atoms with E-state index < -0.39 is 5.60 Å². The molecule has 2 heteroatoms. The van der Waals surface area contributed by atoms with Gasteiger partial charge in [-0.25, -0.2) is 0 Å². The van der Waals surface area contributed by atoms with Crippen LogP contribution in [0.2, 0.25) is 0 Å². The third-order valence-electron chi connectivity index (χ3n) is 4.87. The summed E-state index contributed by atoms with van der Waals surface area (Å²) in [5.74, 6) is 0.682. The number of Topliss-reactive ketones (excluding diaryl/α,β-unsaturated/α-hetero) is 1. The molecule has 2 nitrogen and oxygen atoms in total. The first-order valence-corrected chi connectivity index (χ1v) is 5.51. The monoisotopic (exact) mass is 192 g/mol. The maximum atomic E-state index is 12.0. The maximum absolute atomic E-state index is 12.0. The lowest BCUT2D eigenvalue weighted by molar-refractivity contribution is -0.189. The fourth-order valence-corrected chi connectivity index (χ4v) is 3.74. The van der Waals surface area contributed by atoms with Gasteiger partial charge >= 0.3 is 0 Å². The minimum Gasteiger partial charge on any atom is -0.381 e. The Hall–Kier alpha value is -0.630. The average molecular weight is 192 g/mol. The minimum absolute atomic E-state index is 0.117. The van der Waals surface area contributed by atoms with Gasteiger partial charge in [-0.3, -0.25) is 4.79 Å². The predicted octanol–water partition coefficient (Wildman–Crippen LogP) is 1.68. The highest BCUT2D eigenvalue weighted by Crippen LogP contribution is 2.60. The van der Waals surface area contributed by atoms with E-state index in [9.17, 15) is 9.90 Å². The topological polar surface area (TPSA) is 37.3 Å². The van der Waals surface area contributed by atoms with Crippen LogP contribution in [0.3, 0.4) is 0 Å². The highest BCUT2D eigenvalue weighted by Gasteiger charge is 2.64. The fraction of sp³-hybridized carbons (Fsp3) is 0.750. The normalized spacial score (nSPS) is 55.1. The number of aliphatic hydroxyl groups is 1. The van der Waals surface area contributed by atoms with E-state index in [1.165, 1.54) is 0 Å². The second-order valence-corrected chi connectivity index (χ2v) is 5.35. The lowest BCUT2D eigenvalue weighted by Crippen LogP contribution is -2.66. The Labute approximate surface area is 84.0 Å². The molecule has 4 atom stereocenters. The molecule has 4 aliphatic rings. The van der Waals surface area contributed by atoms with Crippen LogP contribution in [0.25, 0.3) is 0 Å². The predicted molar refractivity (Wildman–Crippen MR) is 52.7 cm³/mol. The lowest BCUT2D eigenvalue weighted by atomic mass is 9.46. The van der Waals surface area contributed by atoms with Gasteiger partial charge in [0, 0.05) is 17.8 Å². The van der Waals surface area contributed by atoms with Gasteiger partial charge in [-0.1, -0.05) is 19.1 Å². The summed E-state index contributed by atoms with van der Waals surface area (Å²) in [6, 6.07) is 0. The van der Waals surface area contributed by atoms with Crippen molar-refractivity contribution in [2.45, 2.75) is 38.2 Å². The van der Waals surface area contributed by atoms with Crippen molar-refractivity contribution in [3.63, 3.8) is 0 Å². The Bertz CT molecular complexity index is 333. The number of rotatable bonds is 0. The van der Waals surface area contributed by atoms with Crippen molar-refractivity contribution < 1.29 is 9.90 Å². The first-order chi connectivity index (χ1) is 6.58. The van der Waals surface area contributed by atoms with Crippen LogP contribution in [0.4, 0.5) is 0 Å². The molecule has 0 aromatic rings. The second-order valence-electron chi connectivity index (χ2n) is 5.35. The van der Waals surface area contributed by atoms with Gasteiger partial charge in [0.2, 0.25) is 0 Å². The van der Waals surface area contributed by atoms with Gasteiger partial charge in [0.25, 0.3) is 0 Å². The molecule has 4 aliphatic carbocycles. The van der Waals surface area contributed by atoms with E-state index in [4.69, 9.17) is 0 Å². The average Bonchev–Trinajstić information content (AvgIpc) is 2.16. The zero-order valence-corrected chi connectivity index (χ0v) is 8.49. The Morgan fingerprint density at radius 1 is 1.57 bits per heavy atom. The summed E-state index contributed by atoms with van der Waals surface area (Å²) in [7, 11) is 0. The summed E-state index contributed by atoms with van der Waals surface area (Å²) in [6.07, 6.45) is 7.71. The van der Waals surface area contributed by atoms with Crippen LogP contribution in [0.5, 0.6) is 0 Å². The molecule has 0 spiro atoms. The third kappa shape index (κ3) is 0.714. The molecule has 3 fully saturated rings. The van der Waals surface area contributed by atoms with Crippen LogP contribution < -0.4 is 0 Å². The third-order valence-corrected chi connectivity index (χ3v) is 4.87. The van der Waals surface area contributed by atoms with Crippen molar-refractivity contribution in [2.75, 3.05) is 0 Å². The number of ketones is 1. The smallest absolute Gasteiger partial charge is 0.168 e. The van der Waals surface area contributed by atoms with Gasteiger partial charge in [-0.2, -0.15) is 0 Å². The number of carbonyl (C=O) groups excluding carboxylic acids is 1. The molecular formula is C12H16O2. The fourth-order valence-electron chi connectivity index (χ4n) is 3.74. The van der Waals surface area contributed by atoms with E-state index in [2.05, 4.69) is 13.0 Å². The highest BCUT2D eigenvalue weighted by molar-refractivity contribution is 5.92. The van der Waals surface area contributed by atoms with Gasteiger partial charge < -0.3 is 5.11 Å². The SMILES string of the molecule is C[C@]12CC[C@@H]3C[C@@H]1C=CC[C@@]2(O)C3=O. The van der Waals surface area contributed by atoms with Crippen LogP contribution in [0.15, 0.2) is 12.2 Å². The molecule has 4 rings (SSSR count). The van der Waals surface area contributed by atoms with Crippen molar-refractivity contribution in [1.29, 1.82) is 0 Å². The van der Waals surface area contributed by atoms with Gasteiger partial charge in [-0.15, -0.1) is 0 Å². The number of carbonyl (C=O) groups is 1. The number of hydrogen-bond acceptors (Lipinski definition) is 2. The molecule has 0 heterocycles. The van der Waals surface area contributed by atoms with Crippen LogP contribution in [-0.2, 0) is 4.79 Å². The molecule has 0 amide bonds. The first kappa shape index (κ1) is 8.66. The Morgan fingerprint density at radius 2 is 2.36 bits per heavy atom. The van der Waals surface area contributed by atoms with Crippen molar-refractivity contribution in [2.24, 2.45) is 17.3 Å². The van der Waals surface area contributed by atoms with Crippen molar-refractivity contribution in [1.82, 2.24) is 0 Å². The van der Waals surface area contributed by atoms with Crippen molar-refractivity contribution in [3.05, 3.63) is 12.2 Å². The molecule has 4 bridgehead atoms. The van der Waals surface area contributed by atoms with E-state index in [1.54, 1.807) is 0 Å². The van der Waals surface area contributed by atoms with Gasteiger partial charge in [0.1, 0.15) is 5.60 Å². The zero-order valence-electron chi connectivity index (χ0n) is 8.49. The summed E-state index contributed by atoms with van der Waals surface area (Å²) in [5.41, 5.74) is -1.21. The number of fused-ring (bicyclic) bond motifs is 1. The lowest BCUT2D eigenvalue weighted by Gasteiger charge is -2.59. The number of hydrogen-bond donors (Lipinski definition) is 1. The van der Waals surface area contributed by atoms with E-state index in [1.807, 2.05) is 6.08 Å². The van der Waals surface area contributed by atoms with Crippen molar-refractivity contribution >= 4 is 5.78 Å². The van der Waals surface area contributed by atoms with Gasteiger partial charge in [0.05, 0.1) is 0 Å². The van der Waals surface area contributed by atoms with Crippen LogP contribution in [-0.4, -0.2) is 16.5 Å². The molecule has 1 N–H and O–H groups in total. The molecule has 0 saturated heterocycles. The van der Waals surface area contributed by atoms with Crippen molar-refractivity contribution in [3.8, 4) is 0 Å². The highest BCUT2D eigenvalue weighted by atomic mass is 16.3. The summed E-state index contributed by atoms with van der Waals surface area (Å²) in [5, 5.41) is 10.5. The first-order valence-electron chi connectivity index (χ1n) is 5.51. The molecule has 14 heavy (non-hydrogen) atoms. The molecule has 0 aromatic heterocycles. The standard InChI is InChI=1S/C12H16O2/c1-11-6-4-8-7-9(11)3-2-5-12(11,14)10(8)13/h2-3,8-9,14H,4-7H2,1H3/t8-,9+,11+,12-/m1/s1. The quantitative estimate of drug-likeness (QED) is 0.593. The number of allylic oxidation sites excluding steroid dienone is 1. The van der Waals surface area contributed by atoms with E-state index in [-0.39, 0.29) is 17.1 Å². The minimum atomic E-state index is -1.03. The second kappa shape index (κ2) is 2.30. The van der Waals surface area contributed by atoms with E-state index in [0.717, 1.165) is 19.3 Å². The van der Waals surface area contributed by atoms with Gasteiger partial charge in [-0.05, 0) is 25.2 Å². The molecule has 76 valence electrons. The van der Waals surface area contributed by atoms with E-state index in [0.29, 0.717) is 12.3 Å². The van der Waals surface area contributed by atoms with Gasteiger partial charge in [0.15, 0.2) is 5.78 Å². The largest absolute Gasteiger partial charge is 0.381 e. The molecule has 0 aromatic carbocycles. The van der Waals surface area contributed by atoms with Crippen LogP contribution in [0, 0.1) is 17.3 Å². The van der Waals surface area contributed by atoms with E-state index >= 15 is 0 Å². The summed E-state index contributed by atoms with van der Waals surface area (Å²) >= 11 is 0. The summed E-state index contributed by atoms with van der Waals surface area (Å²) in [6.45, 7) is 2.09. The molecule has 0 unspecified atom stereocenters. The summed E-state index contributed by atoms with van der Waals surface area (Å²) in [4.78, 5) is 12.0. The molecule has 0 radical (unpaired) electrons. The molecule has 3 saturated carbocycles. The summed E-state index contributed by atoms with van der Waals surface area (Å²) < 4.78 is 0. The molecular weight excluding hydrogens is 176 g/mol. The Balaban J connectivity index is 2.18. The molecule has 0 aliphatic heterocycles. The van der Waals surface area contributed by atoms with Crippen LogP contribution >= 0.6 is 0 Å². The Morgan fingerprint density at radius 3 is 3.07 bits per heavy atom. The Kier molecular flexibility index (Phi) is 1.42. The zero-order chi connectivity index (χ0) is 9.97. The van der Waals surface area contributed by atoms with Crippen LogP contribution in [0.1, 0.15) is 32.6 Å². The maximum Gasteiger partial charge on any atom is 0.168 e.